The van der Waals surface area contributed by atoms with Crippen LogP contribution in [0.4, 0.5) is 0 Å². The van der Waals surface area contributed by atoms with E-state index in [0.29, 0.717) is 0 Å². The minimum atomic E-state index is -3.77. The van der Waals surface area contributed by atoms with E-state index in [0.717, 1.165) is 0 Å². The van der Waals surface area contributed by atoms with Gasteiger partial charge in [-0.05, 0) is 22.9 Å². The molecule has 0 fully saturated rings. The molecule has 1 aromatic rings. The van der Waals surface area contributed by atoms with Crippen LogP contribution >= 0.6 is 15.9 Å². The van der Waals surface area contributed by atoms with Crippen molar-refractivity contribution in [1.82, 2.24) is 14.7 Å². The maximum atomic E-state index is 11.7. The molecule has 0 unspecified atom stereocenters. The maximum Gasteiger partial charge on any atom is 0.304 e. The Bertz CT molecular complexity index is 484. The van der Waals surface area contributed by atoms with Gasteiger partial charge in [0.2, 0.25) is 0 Å². The fraction of sp³-hybridized carbons (Fsp3) is 0.429. The zero-order chi connectivity index (χ0) is 12.3. The molecule has 0 radical (unpaired) electrons. The molecule has 0 aromatic carbocycles. The third-order valence-electron chi connectivity index (χ3n) is 1.67. The Morgan fingerprint density at radius 3 is 2.81 bits per heavy atom. The summed E-state index contributed by atoms with van der Waals surface area (Å²) in [5.74, 6) is -1.07. The fourth-order valence-electron chi connectivity index (χ4n) is 1.08. The Hall–Kier alpha value is -0.930. The molecule has 90 valence electrons. The highest BCUT2D eigenvalue weighted by atomic mass is 79.9. The molecule has 1 atom stereocenters. The largest absolute Gasteiger partial charge is 0.481 e. The molecule has 3 N–H and O–H groups in total. The van der Waals surface area contributed by atoms with Crippen LogP contribution in [0.1, 0.15) is 13.3 Å². The van der Waals surface area contributed by atoms with Gasteiger partial charge in [-0.1, -0.05) is 0 Å². The summed E-state index contributed by atoms with van der Waals surface area (Å²) in [7, 11) is -3.77. The Balaban J connectivity index is 2.81. The van der Waals surface area contributed by atoms with E-state index in [9.17, 15) is 13.2 Å². The van der Waals surface area contributed by atoms with Gasteiger partial charge in [0, 0.05) is 6.04 Å². The second-order valence-corrected chi connectivity index (χ2v) is 5.54. The first-order valence-corrected chi connectivity index (χ1v) is 6.53. The Kier molecular flexibility index (Phi) is 4.05. The molecule has 1 aromatic heterocycles. The average molecular weight is 312 g/mol. The molecule has 0 aliphatic rings. The van der Waals surface area contributed by atoms with Crippen LogP contribution in [0.3, 0.4) is 0 Å². The second kappa shape index (κ2) is 4.93. The molecule has 0 saturated carbocycles. The smallest absolute Gasteiger partial charge is 0.304 e. The normalized spacial score (nSPS) is 13.6. The van der Waals surface area contributed by atoms with Crippen LogP contribution in [0.5, 0.6) is 0 Å². The first kappa shape index (κ1) is 13.1. The Labute approximate surface area is 100 Å². The third kappa shape index (κ3) is 3.29. The number of sulfonamides is 1. The molecule has 0 aliphatic heterocycles. The van der Waals surface area contributed by atoms with E-state index in [-0.39, 0.29) is 16.0 Å². The van der Waals surface area contributed by atoms with Crippen LogP contribution < -0.4 is 4.72 Å². The molecule has 7 nitrogen and oxygen atoms in total. The lowest BCUT2D eigenvalue weighted by atomic mass is 10.3. The molecule has 9 heteroatoms. The number of hydrogen-bond acceptors (Lipinski definition) is 4. The Morgan fingerprint density at radius 1 is 1.75 bits per heavy atom. The van der Waals surface area contributed by atoms with Gasteiger partial charge in [0.15, 0.2) is 5.03 Å². The van der Waals surface area contributed by atoms with Crippen molar-refractivity contribution in [3.63, 3.8) is 0 Å². The lowest BCUT2D eigenvalue weighted by Crippen LogP contribution is -2.34. The van der Waals surface area contributed by atoms with Crippen LogP contribution in [-0.4, -0.2) is 35.5 Å². The number of aromatic nitrogens is 2. The van der Waals surface area contributed by atoms with Crippen molar-refractivity contribution in [1.29, 1.82) is 0 Å². The van der Waals surface area contributed by atoms with E-state index >= 15 is 0 Å². The summed E-state index contributed by atoms with van der Waals surface area (Å²) in [5, 5.41) is 8.38. The maximum absolute atomic E-state index is 11.7. The van der Waals surface area contributed by atoms with Crippen molar-refractivity contribution < 1.29 is 18.3 Å². The lowest BCUT2D eigenvalue weighted by Gasteiger charge is -2.10. The van der Waals surface area contributed by atoms with E-state index in [1.165, 1.54) is 13.3 Å². The molecule has 1 heterocycles. The standard InChI is InChI=1S/C7H10BrN3O4S/c1-4(2-5(12)13)11-16(14,15)7-6(8)9-3-10-7/h3-4,11H,2H2,1H3,(H,9,10)(H,12,13)/t4-/m1/s1. The number of nitrogens with zero attached hydrogens (tertiary/aromatic N) is 1. The van der Waals surface area contributed by atoms with Crippen LogP contribution in [0.25, 0.3) is 0 Å². The summed E-state index contributed by atoms with van der Waals surface area (Å²) < 4.78 is 25.8. The van der Waals surface area contributed by atoms with Gasteiger partial charge in [0.25, 0.3) is 10.0 Å². The van der Waals surface area contributed by atoms with Crippen molar-refractivity contribution in [2.45, 2.75) is 24.4 Å². The lowest BCUT2D eigenvalue weighted by molar-refractivity contribution is -0.137. The van der Waals surface area contributed by atoms with Gasteiger partial charge in [-0.15, -0.1) is 0 Å². The monoisotopic (exact) mass is 311 g/mol. The quantitative estimate of drug-likeness (QED) is 0.724. The minimum Gasteiger partial charge on any atom is -0.481 e. The van der Waals surface area contributed by atoms with Gasteiger partial charge < -0.3 is 10.1 Å². The van der Waals surface area contributed by atoms with Crippen molar-refractivity contribution in [3.05, 3.63) is 10.9 Å². The molecule has 0 amide bonds. The predicted octanol–water partition coefficient (Wildman–Crippen LogP) is 0.314. The summed E-state index contributed by atoms with van der Waals surface area (Å²) in [6.45, 7) is 1.47. The predicted molar refractivity (Wildman–Crippen MR) is 58.3 cm³/mol. The molecular formula is C7H10BrN3O4S. The molecule has 0 saturated heterocycles. The molecular weight excluding hydrogens is 302 g/mol. The number of imidazole rings is 1. The molecule has 0 aliphatic carbocycles. The van der Waals surface area contributed by atoms with E-state index in [2.05, 4.69) is 30.6 Å². The highest BCUT2D eigenvalue weighted by molar-refractivity contribution is 9.10. The molecule has 1 rings (SSSR count). The summed E-state index contributed by atoms with van der Waals surface area (Å²) in [6.07, 6.45) is 0.936. The summed E-state index contributed by atoms with van der Waals surface area (Å²) in [5.41, 5.74) is 0. The number of halogens is 1. The van der Waals surface area contributed by atoms with Gasteiger partial charge in [-0.3, -0.25) is 4.79 Å². The number of H-pyrrole nitrogens is 1. The van der Waals surface area contributed by atoms with E-state index in [1.807, 2.05) is 0 Å². The molecule has 0 spiro atoms. The number of aliphatic carboxylic acids is 1. The van der Waals surface area contributed by atoms with Gasteiger partial charge >= 0.3 is 5.97 Å². The van der Waals surface area contributed by atoms with Crippen LogP contribution in [0, 0.1) is 0 Å². The topological polar surface area (TPSA) is 112 Å². The summed E-state index contributed by atoms with van der Waals surface area (Å²) in [4.78, 5) is 16.5. The molecule has 0 bridgehead atoms. The minimum absolute atomic E-state index is 0.121. The Morgan fingerprint density at radius 2 is 2.38 bits per heavy atom. The van der Waals surface area contributed by atoms with E-state index in [1.54, 1.807) is 0 Å². The van der Waals surface area contributed by atoms with E-state index < -0.39 is 22.0 Å². The summed E-state index contributed by atoms with van der Waals surface area (Å²) >= 11 is 2.97. The summed E-state index contributed by atoms with van der Waals surface area (Å²) in [6, 6.07) is -0.697. The van der Waals surface area contributed by atoms with Crippen molar-refractivity contribution in [2.24, 2.45) is 0 Å². The average Bonchev–Trinajstić information content (AvgIpc) is 2.48. The van der Waals surface area contributed by atoms with Gasteiger partial charge in [-0.2, -0.15) is 0 Å². The van der Waals surface area contributed by atoms with Crippen LogP contribution in [0.15, 0.2) is 16.0 Å². The van der Waals surface area contributed by atoms with Crippen molar-refractivity contribution in [3.8, 4) is 0 Å². The van der Waals surface area contributed by atoms with E-state index in [4.69, 9.17) is 5.11 Å². The highest BCUT2D eigenvalue weighted by Crippen LogP contribution is 2.16. The fourth-order valence-corrected chi connectivity index (χ4v) is 3.15. The van der Waals surface area contributed by atoms with Gasteiger partial charge in [0.1, 0.15) is 4.60 Å². The number of aromatic amines is 1. The van der Waals surface area contributed by atoms with Crippen molar-refractivity contribution in [2.75, 3.05) is 0 Å². The number of nitrogens with one attached hydrogen (secondary N) is 2. The highest BCUT2D eigenvalue weighted by Gasteiger charge is 2.23. The van der Waals surface area contributed by atoms with Crippen molar-refractivity contribution >= 4 is 31.9 Å². The van der Waals surface area contributed by atoms with Gasteiger partial charge in [0.05, 0.1) is 12.7 Å². The molecule has 16 heavy (non-hydrogen) atoms. The number of carbonyl (C=O) groups is 1. The zero-order valence-corrected chi connectivity index (χ0v) is 10.7. The number of carboxylic acids is 1. The number of carboxylic acid groups (broad SMARTS) is 1. The first-order valence-electron chi connectivity index (χ1n) is 4.26. The first-order chi connectivity index (χ1) is 7.33. The number of hydrogen-bond donors (Lipinski definition) is 3. The van der Waals surface area contributed by atoms with Crippen LogP contribution in [-0.2, 0) is 14.8 Å². The zero-order valence-electron chi connectivity index (χ0n) is 8.27. The van der Waals surface area contributed by atoms with Crippen LogP contribution in [0.2, 0.25) is 0 Å². The van der Waals surface area contributed by atoms with Gasteiger partial charge in [-0.25, -0.2) is 18.1 Å². The third-order valence-corrected chi connectivity index (χ3v) is 4.09. The second-order valence-electron chi connectivity index (χ2n) is 3.14. The number of rotatable bonds is 5. The SMILES string of the molecule is C[C@H](CC(=O)O)NS(=O)(=O)c1[nH]cnc1Br.